The van der Waals surface area contributed by atoms with E-state index in [4.69, 9.17) is 11.6 Å². The van der Waals surface area contributed by atoms with E-state index >= 15 is 0 Å². The third-order valence-corrected chi connectivity index (χ3v) is 5.29. The molecule has 1 N–H and O–H groups in total. The van der Waals surface area contributed by atoms with Crippen LogP contribution in [0.1, 0.15) is 21.5 Å². The number of hydrogen-bond donors (Lipinski definition) is 1. The highest BCUT2D eigenvalue weighted by atomic mass is 35.5. The van der Waals surface area contributed by atoms with Crippen LogP contribution < -0.4 is 5.32 Å². The number of carbonyl (C=O) groups is 2. The van der Waals surface area contributed by atoms with Crippen LogP contribution in [0.15, 0.2) is 78.9 Å². The Hall–Kier alpha value is -3.11. The first-order chi connectivity index (χ1) is 13.6. The van der Waals surface area contributed by atoms with E-state index in [-0.39, 0.29) is 11.8 Å². The molecule has 0 bridgehead atoms. The first kappa shape index (κ1) is 18.3. The number of fused-ring (bicyclic) bond motifs is 1. The molecule has 5 heteroatoms. The van der Waals surface area contributed by atoms with Crippen LogP contribution >= 0.6 is 11.6 Å². The maximum Gasteiger partial charge on any atom is 0.254 e. The second-order valence-electron chi connectivity index (χ2n) is 6.76. The van der Waals surface area contributed by atoms with Crippen molar-refractivity contribution in [3.05, 3.63) is 101 Å². The van der Waals surface area contributed by atoms with Crippen molar-refractivity contribution in [3.8, 4) is 0 Å². The Morgan fingerprint density at radius 3 is 2.25 bits per heavy atom. The van der Waals surface area contributed by atoms with Crippen molar-refractivity contribution in [2.45, 2.75) is 19.0 Å². The Labute approximate surface area is 168 Å². The van der Waals surface area contributed by atoms with Gasteiger partial charge in [0.15, 0.2) is 0 Å². The lowest BCUT2D eigenvalue weighted by Crippen LogP contribution is -2.50. The molecule has 4 rings (SSSR count). The minimum atomic E-state index is -0.612. The first-order valence-electron chi connectivity index (χ1n) is 9.11. The van der Waals surface area contributed by atoms with Gasteiger partial charge in [-0.1, -0.05) is 66.2 Å². The Morgan fingerprint density at radius 2 is 1.50 bits per heavy atom. The Bertz CT molecular complexity index is 1020. The monoisotopic (exact) mass is 390 g/mol. The molecule has 1 aliphatic rings. The number of amides is 2. The summed E-state index contributed by atoms with van der Waals surface area (Å²) in [6.45, 7) is 0.393. The number of para-hydroxylation sites is 1. The number of rotatable bonds is 3. The van der Waals surface area contributed by atoms with Crippen molar-refractivity contribution in [2.75, 3.05) is 5.32 Å². The summed E-state index contributed by atoms with van der Waals surface area (Å²) in [6.07, 6.45) is 0.463. The van der Waals surface area contributed by atoms with E-state index in [1.54, 1.807) is 35.2 Å². The van der Waals surface area contributed by atoms with Crippen molar-refractivity contribution in [1.29, 1.82) is 0 Å². The molecule has 4 nitrogen and oxygen atoms in total. The predicted molar refractivity (Wildman–Crippen MR) is 110 cm³/mol. The predicted octanol–water partition coefficient (Wildman–Crippen LogP) is 4.55. The largest absolute Gasteiger partial charge is 0.323 e. The summed E-state index contributed by atoms with van der Waals surface area (Å²) in [4.78, 5) is 27.9. The molecule has 0 aromatic heterocycles. The summed E-state index contributed by atoms with van der Waals surface area (Å²) in [7, 11) is 0. The maximum atomic E-state index is 13.2. The van der Waals surface area contributed by atoms with Crippen LogP contribution in [-0.4, -0.2) is 22.8 Å². The van der Waals surface area contributed by atoms with Gasteiger partial charge >= 0.3 is 0 Å². The number of halogens is 1. The van der Waals surface area contributed by atoms with E-state index in [1.165, 1.54) is 0 Å². The summed E-state index contributed by atoms with van der Waals surface area (Å²) in [5.74, 6) is -0.402. The minimum absolute atomic E-state index is 0.158. The van der Waals surface area contributed by atoms with E-state index in [2.05, 4.69) is 5.32 Å². The van der Waals surface area contributed by atoms with Gasteiger partial charge in [0.1, 0.15) is 6.04 Å². The number of carbonyl (C=O) groups excluding carboxylic acids is 2. The summed E-state index contributed by atoms with van der Waals surface area (Å²) >= 11 is 6.19. The summed E-state index contributed by atoms with van der Waals surface area (Å²) in [5, 5.41) is 3.35. The van der Waals surface area contributed by atoms with E-state index in [1.807, 2.05) is 48.5 Å². The number of nitrogens with zero attached hydrogens (tertiary/aromatic N) is 1. The van der Waals surface area contributed by atoms with Gasteiger partial charge in [-0.05, 0) is 35.4 Å². The first-order valence-corrected chi connectivity index (χ1v) is 9.49. The average molecular weight is 391 g/mol. The van der Waals surface area contributed by atoms with Crippen LogP contribution in [0.5, 0.6) is 0 Å². The molecule has 0 aliphatic carbocycles. The zero-order valence-electron chi connectivity index (χ0n) is 15.1. The van der Waals surface area contributed by atoms with Crippen LogP contribution in [0, 0.1) is 0 Å². The summed E-state index contributed by atoms with van der Waals surface area (Å²) in [6, 6.07) is 23.4. The molecule has 28 heavy (non-hydrogen) atoms. The van der Waals surface area contributed by atoms with Gasteiger partial charge in [-0.2, -0.15) is 0 Å². The van der Waals surface area contributed by atoms with Crippen molar-refractivity contribution < 1.29 is 9.59 Å². The molecule has 1 atom stereocenters. The molecular formula is C23H19ClN2O2. The normalized spacial score (nSPS) is 15.6. The smallest absolute Gasteiger partial charge is 0.254 e. The lowest BCUT2D eigenvalue weighted by atomic mass is 9.92. The zero-order valence-corrected chi connectivity index (χ0v) is 15.9. The molecule has 0 spiro atoms. The van der Waals surface area contributed by atoms with Crippen molar-refractivity contribution in [2.24, 2.45) is 0 Å². The van der Waals surface area contributed by atoms with Crippen LogP contribution in [-0.2, 0) is 17.8 Å². The standard InChI is InChI=1S/C23H19ClN2O2/c24-19-12-6-7-13-20(19)25-22(27)21-14-17-10-4-5-11-18(17)15-26(21)23(28)16-8-2-1-3-9-16/h1-13,21H,14-15H2,(H,25,27)/t21-/m1/s1. The van der Waals surface area contributed by atoms with Crippen LogP contribution in [0.25, 0.3) is 0 Å². The molecule has 1 aliphatic heterocycles. The minimum Gasteiger partial charge on any atom is -0.323 e. The van der Waals surface area contributed by atoms with Gasteiger partial charge in [-0.3, -0.25) is 9.59 Å². The molecule has 0 saturated heterocycles. The lowest BCUT2D eigenvalue weighted by Gasteiger charge is -2.36. The fourth-order valence-corrected chi connectivity index (χ4v) is 3.68. The molecule has 3 aromatic rings. The summed E-state index contributed by atoms with van der Waals surface area (Å²) < 4.78 is 0. The van der Waals surface area contributed by atoms with E-state index in [0.717, 1.165) is 11.1 Å². The maximum absolute atomic E-state index is 13.2. The summed E-state index contributed by atoms with van der Waals surface area (Å²) in [5.41, 5.74) is 3.25. The van der Waals surface area contributed by atoms with Crippen LogP contribution in [0.4, 0.5) is 5.69 Å². The fourth-order valence-electron chi connectivity index (χ4n) is 3.50. The molecule has 2 amide bonds. The zero-order chi connectivity index (χ0) is 19.5. The lowest BCUT2D eigenvalue weighted by molar-refractivity contribution is -0.121. The number of hydrogen-bond acceptors (Lipinski definition) is 2. The third kappa shape index (κ3) is 3.64. The molecule has 0 radical (unpaired) electrons. The highest BCUT2D eigenvalue weighted by Crippen LogP contribution is 2.27. The van der Waals surface area contributed by atoms with E-state index in [0.29, 0.717) is 29.2 Å². The van der Waals surface area contributed by atoms with Gasteiger partial charge < -0.3 is 10.2 Å². The third-order valence-electron chi connectivity index (χ3n) is 4.96. The Balaban J connectivity index is 1.66. The molecule has 1 heterocycles. The molecule has 0 fully saturated rings. The van der Waals surface area contributed by atoms with Gasteiger partial charge in [-0.15, -0.1) is 0 Å². The fraction of sp³-hybridized carbons (Fsp3) is 0.130. The topological polar surface area (TPSA) is 49.4 Å². The Kier molecular flexibility index (Phi) is 5.13. The average Bonchev–Trinajstić information content (AvgIpc) is 2.74. The molecule has 0 unspecified atom stereocenters. The van der Waals surface area contributed by atoms with E-state index in [9.17, 15) is 9.59 Å². The molecule has 140 valence electrons. The Morgan fingerprint density at radius 1 is 0.857 bits per heavy atom. The van der Waals surface area contributed by atoms with Gasteiger partial charge in [0, 0.05) is 18.5 Å². The van der Waals surface area contributed by atoms with Gasteiger partial charge in [0.05, 0.1) is 10.7 Å². The van der Waals surface area contributed by atoms with Gasteiger partial charge in [-0.25, -0.2) is 0 Å². The second kappa shape index (κ2) is 7.87. The van der Waals surface area contributed by atoms with Crippen molar-refractivity contribution in [1.82, 2.24) is 4.90 Å². The number of benzene rings is 3. The highest BCUT2D eigenvalue weighted by molar-refractivity contribution is 6.33. The van der Waals surface area contributed by atoms with Gasteiger partial charge in [0.25, 0.3) is 5.91 Å². The highest BCUT2D eigenvalue weighted by Gasteiger charge is 2.35. The molecular weight excluding hydrogens is 372 g/mol. The second-order valence-corrected chi connectivity index (χ2v) is 7.16. The quantitative estimate of drug-likeness (QED) is 0.713. The van der Waals surface area contributed by atoms with E-state index < -0.39 is 6.04 Å². The molecule has 0 saturated carbocycles. The number of anilines is 1. The SMILES string of the molecule is O=C(Nc1ccccc1Cl)[C@H]1Cc2ccccc2CN1C(=O)c1ccccc1. The van der Waals surface area contributed by atoms with Crippen molar-refractivity contribution in [3.63, 3.8) is 0 Å². The van der Waals surface area contributed by atoms with Crippen LogP contribution in [0.2, 0.25) is 5.02 Å². The molecule has 3 aromatic carbocycles. The van der Waals surface area contributed by atoms with Crippen molar-refractivity contribution >= 4 is 29.1 Å². The van der Waals surface area contributed by atoms with Crippen LogP contribution in [0.3, 0.4) is 0 Å². The van der Waals surface area contributed by atoms with Gasteiger partial charge in [0.2, 0.25) is 5.91 Å². The number of nitrogens with one attached hydrogen (secondary N) is 1.